The zero-order valence-electron chi connectivity index (χ0n) is 9.67. The highest BCUT2D eigenvalue weighted by molar-refractivity contribution is 9.10. The monoisotopic (exact) mass is 304 g/mol. The van der Waals surface area contributed by atoms with Crippen LogP contribution in [0.2, 0.25) is 0 Å². The third-order valence-corrected chi connectivity index (χ3v) is 3.51. The summed E-state index contributed by atoms with van der Waals surface area (Å²) in [7, 11) is 0. The molecule has 0 aliphatic rings. The second kappa shape index (κ2) is 4.21. The summed E-state index contributed by atoms with van der Waals surface area (Å²) in [4.78, 5) is 7.61. The Labute approximate surface area is 112 Å². The van der Waals surface area contributed by atoms with Crippen LogP contribution < -0.4 is 0 Å². The van der Waals surface area contributed by atoms with E-state index < -0.39 is 0 Å². The van der Waals surface area contributed by atoms with Crippen molar-refractivity contribution in [2.24, 2.45) is 0 Å². The van der Waals surface area contributed by atoms with Gasteiger partial charge in [0.2, 0.25) is 0 Å². The zero-order valence-corrected chi connectivity index (χ0v) is 11.3. The molecular weight excluding hydrogens is 295 g/mol. The first-order valence-corrected chi connectivity index (χ1v) is 6.34. The van der Waals surface area contributed by atoms with Crippen LogP contribution in [0.5, 0.6) is 0 Å². The van der Waals surface area contributed by atoms with E-state index in [9.17, 15) is 4.39 Å². The molecular formula is C14H10BrFN2. The van der Waals surface area contributed by atoms with Gasteiger partial charge in [0.1, 0.15) is 11.6 Å². The maximum absolute atomic E-state index is 13.1. The SMILES string of the molecule is Cc1ccc(Br)c(-c2nc3ccc(F)cc3[nH]2)c1. The van der Waals surface area contributed by atoms with Crippen molar-refractivity contribution in [1.29, 1.82) is 0 Å². The summed E-state index contributed by atoms with van der Waals surface area (Å²) in [6, 6.07) is 10.6. The van der Waals surface area contributed by atoms with Crippen molar-refractivity contribution < 1.29 is 4.39 Å². The largest absolute Gasteiger partial charge is 0.338 e. The standard InChI is InChI=1S/C14H10BrFN2/c1-8-2-4-11(15)10(6-8)14-17-12-5-3-9(16)7-13(12)18-14/h2-7H,1H3,(H,17,18). The number of hydrogen-bond acceptors (Lipinski definition) is 1. The number of hydrogen-bond donors (Lipinski definition) is 1. The molecule has 3 aromatic rings. The van der Waals surface area contributed by atoms with Crippen molar-refractivity contribution in [1.82, 2.24) is 9.97 Å². The summed E-state index contributed by atoms with van der Waals surface area (Å²) in [6.07, 6.45) is 0. The van der Waals surface area contributed by atoms with E-state index >= 15 is 0 Å². The van der Waals surface area contributed by atoms with Crippen LogP contribution in [0.3, 0.4) is 0 Å². The van der Waals surface area contributed by atoms with E-state index in [1.165, 1.54) is 12.1 Å². The summed E-state index contributed by atoms with van der Waals surface area (Å²) in [6.45, 7) is 2.03. The minimum absolute atomic E-state index is 0.263. The van der Waals surface area contributed by atoms with E-state index in [4.69, 9.17) is 0 Å². The molecule has 0 aliphatic heterocycles. The molecule has 0 spiro atoms. The average molecular weight is 305 g/mol. The Morgan fingerprint density at radius 3 is 2.83 bits per heavy atom. The van der Waals surface area contributed by atoms with Crippen molar-refractivity contribution in [2.45, 2.75) is 6.92 Å². The lowest BCUT2D eigenvalue weighted by molar-refractivity contribution is 0.629. The van der Waals surface area contributed by atoms with Crippen LogP contribution in [0.1, 0.15) is 5.56 Å². The number of benzene rings is 2. The first-order valence-electron chi connectivity index (χ1n) is 5.55. The lowest BCUT2D eigenvalue weighted by Gasteiger charge is -2.01. The van der Waals surface area contributed by atoms with E-state index in [2.05, 4.69) is 25.9 Å². The normalized spacial score (nSPS) is 11.1. The van der Waals surface area contributed by atoms with Gasteiger partial charge in [-0.05, 0) is 37.3 Å². The molecule has 2 nitrogen and oxygen atoms in total. The average Bonchev–Trinajstić information content (AvgIpc) is 2.74. The summed E-state index contributed by atoms with van der Waals surface area (Å²) in [5.74, 6) is 0.479. The van der Waals surface area contributed by atoms with Gasteiger partial charge in [-0.25, -0.2) is 9.37 Å². The molecule has 0 atom stereocenters. The number of aromatic nitrogens is 2. The molecule has 3 rings (SSSR count). The Morgan fingerprint density at radius 1 is 1.17 bits per heavy atom. The minimum atomic E-state index is -0.263. The van der Waals surface area contributed by atoms with Gasteiger partial charge in [0.15, 0.2) is 0 Å². The molecule has 0 radical (unpaired) electrons. The summed E-state index contributed by atoms with van der Waals surface area (Å²) in [5, 5.41) is 0. The number of fused-ring (bicyclic) bond motifs is 1. The van der Waals surface area contributed by atoms with Gasteiger partial charge in [-0.3, -0.25) is 0 Å². The molecule has 0 unspecified atom stereocenters. The predicted molar refractivity (Wildman–Crippen MR) is 73.9 cm³/mol. The third kappa shape index (κ3) is 1.93. The molecule has 0 saturated carbocycles. The molecule has 0 bridgehead atoms. The quantitative estimate of drug-likeness (QED) is 0.707. The molecule has 2 aromatic carbocycles. The summed E-state index contributed by atoms with van der Waals surface area (Å²) >= 11 is 3.50. The number of halogens is 2. The predicted octanol–water partition coefficient (Wildman–Crippen LogP) is 4.44. The summed E-state index contributed by atoms with van der Waals surface area (Å²) < 4.78 is 14.1. The number of imidazole rings is 1. The molecule has 1 N–H and O–H groups in total. The molecule has 4 heteroatoms. The van der Waals surface area contributed by atoms with Crippen LogP contribution in [0.15, 0.2) is 40.9 Å². The Morgan fingerprint density at radius 2 is 2.00 bits per heavy atom. The Bertz CT molecular complexity index is 734. The van der Waals surface area contributed by atoms with Crippen LogP contribution in [-0.4, -0.2) is 9.97 Å². The minimum Gasteiger partial charge on any atom is -0.338 e. The second-order valence-electron chi connectivity index (χ2n) is 4.23. The van der Waals surface area contributed by atoms with E-state index in [0.717, 1.165) is 26.9 Å². The maximum atomic E-state index is 13.1. The first-order chi connectivity index (χ1) is 8.63. The Kier molecular flexibility index (Phi) is 2.67. The maximum Gasteiger partial charge on any atom is 0.139 e. The summed E-state index contributed by atoms with van der Waals surface area (Å²) in [5.41, 5.74) is 3.60. The molecule has 0 aliphatic carbocycles. The fourth-order valence-electron chi connectivity index (χ4n) is 1.93. The second-order valence-corrected chi connectivity index (χ2v) is 5.08. The van der Waals surface area contributed by atoms with Crippen LogP contribution in [0, 0.1) is 12.7 Å². The molecule has 0 saturated heterocycles. The third-order valence-electron chi connectivity index (χ3n) is 2.82. The topological polar surface area (TPSA) is 28.7 Å². The molecule has 1 aromatic heterocycles. The van der Waals surface area contributed by atoms with Gasteiger partial charge in [-0.15, -0.1) is 0 Å². The zero-order chi connectivity index (χ0) is 12.7. The fraction of sp³-hybridized carbons (Fsp3) is 0.0714. The number of aryl methyl sites for hydroxylation is 1. The van der Waals surface area contributed by atoms with Crippen LogP contribution in [0.4, 0.5) is 4.39 Å². The van der Waals surface area contributed by atoms with Gasteiger partial charge in [-0.2, -0.15) is 0 Å². The van der Waals surface area contributed by atoms with Crippen LogP contribution in [-0.2, 0) is 0 Å². The number of aromatic amines is 1. The van der Waals surface area contributed by atoms with E-state index in [1.54, 1.807) is 6.07 Å². The van der Waals surface area contributed by atoms with Gasteiger partial charge >= 0.3 is 0 Å². The van der Waals surface area contributed by atoms with Crippen molar-refractivity contribution in [3.63, 3.8) is 0 Å². The first kappa shape index (κ1) is 11.4. The van der Waals surface area contributed by atoms with E-state index in [1.807, 2.05) is 25.1 Å². The van der Waals surface area contributed by atoms with Gasteiger partial charge in [0, 0.05) is 10.0 Å². The Hall–Kier alpha value is -1.68. The molecule has 0 fully saturated rings. The smallest absolute Gasteiger partial charge is 0.139 e. The highest BCUT2D eigenvalue weighted by atomic mass is 79.9. The molecule has 0 amide bonds. The van der Waals surface area contributed by atoms with Gasteiger partial charge in [0.05, 0.1) is 11.0 Å². The van der Waals surface area contributed by atoms with Gasteiger partial charge in [-0.1, -0.05) is 27.6 Å². The van der Waals surface area contributed by atoms with Crippen molar-refractivity contribution in [3.8, 4) is 11.4 Å². The fourth-order valence-corrected chi connectivity index (χ4v) is 2.36. The van der Waals surface area contributed by atoms with Crippen LogP contribution >= 0.6 is 15.9 Å². The number of rotatable bonds is 1. The molecule has 1 heterocycles. The lowest BCUT2D eigenvalue weighted by Crippen LogP contribution is -1.83. The number of H-pyrrole nitrogens is 1. The van der Waals surface area contributed by atoms with Crippen LogP contribution in [0.25, 0.3) is 22.4 Å². The number of nitrogens with zero attached hydrogens (tertiary/aromatic N) is 1. The van der Waals surface area contributed by atoms with E-state index in [0.29, 0.717) is 5.52 Å². The molecule has 90 valence electrons. The van der Waals surface area contributed by atoms with Crippen molar-refractivity contribution in [2.75, 3.05) is 0 Å². The van der Waals surface area contributed by atoms with Crippen molar-refractivity contribution >= 4 is 27.0 Å². The van der Waals surface area contributed by atoms with Crippen molar-refractivity contribution in [3.05, 3.63) is 52.3 Å². The van der Waals surface area contributed by atoms with E-state index in [-0.39, 0.29) is 5.82 Å². The highest BCUT2D eigenvalue weighted by Crippen LogP contribution is 2.28. The highest BCUT2D eigenvalue weighted by Gasteiger charge is 2.09. The number of nitrogens with one attached hydrogen (secondary N) is 1. The molecule has 18 heavy (non-hydrogen) atoms. The van der Waals surface area contributed by atoms with Gasteiger partial charge < -0.3 is 4.98 Å². The van der Waals surface area contributed by atoms with Gasteiger partial charge in [0.25, 0.3) is 0 Å². The Balaban J connectivity index is 2.22. The lowest BCUT2D eigenvalue weighted by atomic mass is 10.1.